The lowest BCUT2D eigenvalue weighted by Crippen LogP contribution is -2.27. The third-order valence-electron chi connectivity index (χ3n) is 4.22. The summed E-state index contributed by atoms with van der Waals surface area (Å²) < 4.78 is 5.71. The minimum Gasteiger partial charge on any atom is -0.451 e. The smallest absolute Gasteiger partial charge is 0.287 e. The van der Waals surface area contributed by atoms with Crippen molar-refractivity contribution in [1.82, 2.24) is 15.3 Å². The fraction of sp³-hybridized carbons (Fsp3) is 0.158. The van der Waals surface area contributed by atoms with Crippen molar-refractivity contribution < 1.29 is 9.21 Å². The molecule has 2 aromatic heterocycles. The number of carbonyl (C=O) groups is 1. The predicted octanol–water partition coefficient (Wildman–Crippen LogP) is 4.11. The van der Waals surface area contributed by atoms with Gasteiger partial charge in [-0.1, -0.05) is 30.3 Å². The summed E-state index contributed by atoms with van der Waals surface area (Å²) in [7, 11) is 0. The summed E-state index contributed by atoms with van der Waals surface area (Å²) >= 11 is 0. The Morgan fingerprint density at radius 3 is 2.71 bits per heavy atom. The molecular formula is C19H17N3O2. The van der Waals surface area contributed by atoms with E-state index in [0.717, 1.165) is 33.4 Å². The summed E-state index contributed by atoms with van der Waals surface area (Å²) in [6.45, 7) is 3.79. The number of fused-ring (bicyclic) bond motifs is 2. The summed E-state index contributed by atoms with van der Waals surface area (Å²) in [5.74, 6) is 0.828. The molecule has 0 saturated carbocycles. The van der Waals surface area contributed by atoms with Gasteiger partial charge in [0.15, 0.2) is 5.76 Å². The monoisotopic (exact) mass is 319 g/mol. The van der Waals surface area contributed by atoms with Gasteiger partial charge in [-0.25, -0.2) is 4.98 Å². The lowest BCUT2D eigenvalue weighted by Gasteiger charge is -2.10. The minimum absolute atomic E-state index is 0.239. The maximum atomic E-state index is 12.6. The van der Waals surface area contributed by atoms with Gasteiger partial charge in [0.2, 0.25) is 0 Å². The zero-order valence-electron chi connectivity index (χ0n) is 13.5. The molecule has 4 aromatic rings. The molecule has 0 radical (unpaired) electrons. The van der Waals surface area contributed by atoms with Crippen LogP contribution in [0.15, 0.2) is 52.9 Å². The van der Waals surface area contributed by atoms with Crippen molar-refractivity contribution in [3.63, 3.8) is 0 Å². The lowest BCUT2D eigenvalue weighted by molar-refractivity contribution is 0.0911. The van der Waals surface area contributed by atoms with Gasteiger partial charge in [-0.05, 0) is 32.0 Å². The molecule has 0 spiro atoms. The zero-order valence-corrected chi connectivity index (χ0v) is 13.5. The number of benzene rings is 2. The number of aryl methyl sites for hydroxylation is 1. The van der Waals surface area contributed by atoms with Crippen molar-refractivity contribution in [1.29, 1.82) is 0 Å². The van der Waals surface area contributed by atoms with Gasteiger partial charge >= 0.3 is 0 Å². The van der Waals surface area contributed by atoms with E-state index in [1.807, 2.05) is 62.4 Å². The Balaban J connectivity index is 1.61. The molecule has 24 heavy (non-hydrogen) atoms. The summed E-state index contributed by atoms with van der Waals surface area (Å²) in [5.41, 5.74) is 3.40. The first kappa shape index (κ1) is 14.5. The van der Waals surface area contributed by atoms with Crippen LogP contribution in [0.1, 0.15) is 34.9 Å². The molecule has 0 saturated heterocycles. The van der Waals surface area contributed by atoms with Gasteiger partial charge in [0.1, 0.15) is 11.4 Å². The van der Waals surface area contributed by atoms with Gasteiger partial charge in [-0.15, -0.1) is 0 Å². The molecule has 0 aliphatic carbocycles. The Morgan fingerprint density at radius 2 is 1.92 bits per heavy atom. The Morgan fingerprint density at radius 1 is 1.17 bits per heavy atom. The quantitative estimate of drug-likeness (QED) is 0.597. The van der Waals surface area contributed by atoms with E-state index in [1.54, 1.807) is 0 Å². The van der Waals surface area contributed by atoms with Crippen molar-refractivity contribution in [2.45, 2.75) is 19.9 Å². The van der Waals surface area contributed by atoms with Crippen molar-refractivity contribution in [3.8, 4) is 0 Å². The van der Waals surface area contributed by atoms with Gasteiger partial charge in [0.05, 0.1) is 17.1 Å². The van der Waals surface area contributed by atoms with E-state index in [1.165, 1.54) is 0 Å². The first-order valence-electron chi connectivity index (χ1n) is 7.87. The second kappa shape index (κ2) is 5.53. The normalized spacial score (nSPS) is 12.6. The number of furan rings is 1. The second-order valence-corrected chi connectivity index (χ2v) is 5.89. The number of aromatic nitrogens is 2. The van der Waals surface area contributed by atoms with Crippen molar-refractivity contribution in [2.24, 2.45) is 0 Å². The Kier molecular flexibility index (Phi) is 3.34. The second-order valence-electron chi connectivity index (χ2n) is 5.89. The molecular weight excluding hydrogens is 302 g/mol. The van der Waals surface area contributed by atoms with Crippen molar-refractivity contribution in [3.05, 3.63) is 65.7 Å². The maximum Gasteiger partial charge on any atom is 0.287 e. The van der Waals surface area contributed by atoms with E-state index >= 15 is 0 Å². The highest BCUT2D eigenvalue weighted by Crippen LogP contribution is 2.25. The molecule has 1 amide bonds. The van der Waals surface area contributed by atoms with E-state index in [2.05, 4.69) is 15.3 Å². The van der Waals surface area contributed by atoms with E-state index in [-0.39, 0.29) is 11.9 Å². The first-order chi connectivity index (χ1) is 11.6. The van der Waals surface area contributed by atoms with Crippen LogP contribution < -0.4 is 5.32 Å². The number of amides is 1. The fourth-order valence-electron chi connectivity index (χ4n) is 2.90. The predicted molar refractivity (Wildman–Crippen MR) is 92.9 cm³/mol. The van der Waals surface area contributed by atoms with E-state index in [4.69, 9.17) is 4.42 Å². The highest BCUT2D eigenvalue weighted by molar-refractivity contribution is 5.99. The Bertz CT molecular complexity index is 1010. The number of hydrogen-bond acceptors (Lipinski definition) is 3. The molecule has 2 aromatic carbocycles. The van der Waals surface area contributed by atoms with Gasteiger partial charge < -0.3 is 14.7 Å². The van der Waals surface area contributed by atoms with Gasteiger partial charge in [0, 0.05) is 10.9 Å². The van der Waals surface area contributed by atoms with Crippen LogP contribution in [0.25, 0.3) is 22.0 Å². The maximum absolute atomic E-state index is 12.6. The standard InChI is InChI=1S/C19H17N3O2/c1-11-13-7-3-6-10-16(13)24-17(11)19(23)20-12(2)18-21-14-8-4-5-9-15(14)22-18/h3-10,12H,1-2H3,(H,20,23)(H,21,22)/t12-/m0/s1. The van der Waals surface area contributed by atoms with E-state index in [0.29, 0.717) is 5.76 Å². The van der Waals surface area contributed by atoms with Crippen molar-refractivity contribution >= 4 is 27.9 Å². The number of nitrogens with zero attached hydrogens (tertiary/aromatic N) is 1. The zero-order chi connectivity index (χ0) is 16.7. The summed E-state index contributed by atoms with van der Waals surface area (Å²) in [6.07, 6.45) is 0. The minimum atomic E-state index is -0.252. The van der Waals surface area contributed by atoms with Crippen LogP contribution in [0, 0.1) is 6.92 Å². The number of imidazole rings is 1. The van der Waals surface area contributed by atoms with E-state index < -0.39 is 0 Å². The van der Waals surface area contributed by atoms with Crippen LogP contribution >= 0.6 is 0 Å². The number of aromatic amines is 1. The molecule has 0 unspecified atom stereocenters. The third-order valence-corrected chi connectivity index (χ3v) is 4.22. The largest absolute Gasteiger partial charge is 0.451 e. The SMILES string of the molecule is Cc1c(C(=O)N[C@@H](C)c2nc3ccccc3[nH]2)oc2ccccc12. The molecule has 0 bridgehead atoms. The first-order valence-corrected chi connectivity index (χ1v) is 7.87. The molecule has 120 valence electrons. The van der Waals surface area contributed by atoms with Crippen LogP contribution in [-0.4, -0.2) is 15.9 Å². The number of H-pyrrole nitrogens is 1. The average molecular weight is 319 g/mol. The van der Waals surface area contributed by atoms with Crippen LogP contribution in [0.3, 0.4) is 0 Å². The molecule has 0 aliphatic rings. The molecule has 1 atom stereocenters. The number of carbonyl (C=O) groups excluding carboxylic acids is 1. The molecule has 0 aliphatic heterocycles. The van der Waals surface area contributed by atoms with Crippen molar-refractivity contribution in [2.75, 3.05) is 0 Å². The van der Waals surface area contributed by atoms with Crippen LogP contribution in [-0.2, 0) is 0 Å². The molecule has 5 heteroatoms. The number of hydrogen-bond donors (Lipinski definition) is 2. The van der Waals surface area contributed by atoms with Gasteiger partial charge in [-0.3, -0.25) is 4.79 Å². The number of nitrogens with one attached hydrogen (secondary N) is 2. The van der Waals surface area contributed by atoms with E-state index in [9.17, 15) is 4.79 Å². The highest BCUT2D eigenvalue weighted by Gasteiger charge is 2.20. The Labute approximate surface area is 138 Å². The average Bonchev–Trinajstić information content (AvgIpc) is 3.17. The number of rotatable bonds is 3. The molecule has 2 heterocycles. The van der Waals surface area contributed by atoms with Crippen LogP contribution in [0.4, 0.5) is 0 Å². The Hall–Kier alpha value is -3.08. The highest BCUT2D eigenvalue weighted by atomic mass is 16.3. The van der Waals surface area contributed by atoms with Crippen LogP contribution in [0.2, 0.25) is 0 Å². The summed E-state index contributed by atoms with van der Waals surface area (Å²) in [6, 6.07) is 15.2. The van der Waals surface area contributed by atoms with Gasteiger partial charge in [-0.2, -0.15) is 0 Å². The topological polar surface area (TPSA) is 70.9 Å². The molecule has 5 nitrogen and oxygen atoms in total. The summed E-state index contributed by atoms with van der Waals surface area (Å²) in [4.78, 5) is 20.3. The molecule has 2 N–H and O–H groups in total. The fourth-order valence-corrected chi connectivity index (χ4v) is 2.90. The van der Waals surface area contributed by atoms with Gasteiger partial charge in [0.25, 0.3) is 5.91 Å². The molecule has 0 fully saturated rings. The third kappa shape index (κ3) is 2.34. The molecule has 4 rings (SSSR count). The number of para-hydroxylation sites is 3. The summed E-state index contributed by atoms with van der Waals surface area (Å²) in [5, 5.41) is 3.91. The van der Waals surface area contributed by atoms with Crippen LogP contribution in [0.5, 0.6) is 0 Å². The lowest BCUT2D eigenvalue weighted by atomic mass is 10.1.